The molecular weight excluding hydrogens is 318 g/mol. The molecule has 1 saturated heterocycles. The minimum absolute atomic E-state index is 0.119. The van der Waals surface area contributed by atoms with Crippen LogP contribution in [0.2, 0.25) is 0 Å². The summed E-state index contributed by atoms with van der Waals surface area (Å²) in [6.07, 6.45) is 3.60. The molecule has 0 radical (unpaired) electrons. The van der Waals surface area contributed by atoms with E-state index in [0.29, 0.717) is 12.7 Å². The lowest BCUT2D eigenvalue weighted by atomic mass is 10.0. The van der Waals surface area contributed by atoms with Crippen molar-refractivity contribution in [1.29, 1.82) is 0 Å². The zero-order valence-corrected chi connectivity index (χ0v) is 14.1. The molecule has 0 spiro atoms. The molecule has 1 fully saturated rings. The van der Waals surface area contributed by atoms with Gasteiger partial charge in [-0.05, 0) is 63.3 Å². The number of hydrogen-bond acceptors (Lipinski definition) is 3. The van der Waals surface area contributed by atoms with Crippen molar-refractivity contribution in [3.8, 4) is 5.75 Å². The lowest BCUT2D eigenvalue weighted by Crippen LogP contribution is -2.21. The number of benzene rings is 1. The van der Waals surface area contributed by atoms with Gasteiger partial charge in [0.25, 0.3) is 0 Å². The van der Waals surface area contributed by atoms with Gasteiger partial charge in [-0.1, -0.05) is 15.9 Å². The maximum absolute atomic E-state index is 6.05. The van der Waals surface area contributed by atoms with E-state index in [2.05, 4.69) is 41.9 Å². The molecule has 3 unspecified atom stereocenters. The van der Waals surface area contributed by atoms with Gasteiger partial charge in [0, 0.05) is 10.5 Å². The van der Waals surface area contributed by atoms with E-state index < -0.39 is 0 Å². The van der Waals surface area contributed by atoms with Gasteiger partial charge in [-0.2, -0.15) is 0 Å². The van der Waals surface area contributed by atoms with Gasteiger partial charge in [0.2, 0.25) is 0 Å². The first-order chi connectivity index (χ1) is 9.45. The third kappa shape index (κ3) is 4.21. The fourth-order valence-corrected chi connectivity index (χ4v) is 3.31. The molecule has 112 valence electrons. The van der Waals surface area contributed by atoms with E-state index in [1.165, 1.54) is 0 Å². The Hall–Kier alpha value is -0.580. The van der Waals surface area contributed by atoms with E-state index in [0.717, 1.165) is 40.6 Å². The highest BCUT2D eigenvalue weighted by molar-refractivity contribution is 9.10. The van der Waals surface area contributed by atoms with Crippen molar-refractivity contribution >= 4 is 15.9 Å². The number of halogens is 1. The third-order valence-corrected chi connectivity index (χ3v) is 4.05. The van der Waals surface area contributed by atoms with Crippen LogP contribution in [-0.2, 0) is 11.2 Å². The molecule has 3 atom stereocenters. The SMILES string of the molecule is Cc1cc(Br)cc(CC(C)N)c1OCC1CCC(C)O1. The molecule has 2 N–H and O–H groups in total. The quantitative estimate of drug-likeness (QED) is 0.889. The molecule has 2 rings (SSSR count). The van der Waals surface area contributed by atoms with E-state index in [9.17, 15) is 0 Å². The second-order valence-electron chi connectivity index (χ2n) is 5.85. The van der Waals surface area contributed by atoms with Crippen LogP contribution in [0, 0.1) is 6.92 Å². The average Bonchev–Trinajstić information content (AvgIpc) is 2.73. The van der Waals surface area contributed by atoms with Crippen molar-refractivity contribution in [1.82, 2.24) is 0 Å². The standard InChI is InChI=1S/C16H24BrNO2/c1-10-6-14(17)8-13(7-11(2)18)16(10)19-9-15-5-4-12(3)20-15/h6,8,11-12,15H,4-5,7,9,18H2,1-3H3. The van der Waals surface area contributed by atoms with Crippen LogP contribution in [-0.4, -0.2) is 24.9 Å². The van der Waals surface area contributed by atoms with E-state index in [-0.39, 0.29) is 12.1 Å². The van der Waals surface area contributed by atoms with E-state index in [4.69, 9.17) is 15.2 Å². The summed E-state index contributed by atoms with van der Waals surface area (Å²) in [6.45, 7) is 6.83. The van der Waals surface area contributed by atoms with Crippen LogP contribution in [0.4, 0.5) is 0 Å². The first kappa shape index (κ1) is 15.8. The Balaban J connectivity index is 2.08. The van der Waals surface area contributed by atoms with Crippen LogP contribution in [0.5, 0.6) is 5.75 Å². The highest BCUT2D eigenvalue weighted by atomic mass is 79.9. The molecular formula is C16H24BrNO2. The zero-order chi connectivity index (χ0) is 14.7. The molecule has 0 amide bonds. The van der Waals surface area contributed by atoms with Crippen molar-refractivity contribution in [3.05, 3.63) is 27.7 Å². The Kier molecular flexibility index (Phi) is 5.47. The van der Waals surface area contributed by atoms with Gasteiger partial charge in [0.1, 0.15) is 12.4 Å². The molecule has 3 nitrogen and oxygen atoms in total. The van der Waals surface area contributed by atoms with E-state index in [1.54, 1.807) is 0 Å². The maximum Gasteiger partial charge on any atom is 0.125 e. The fraction of sp³-hybridized carbons (Fsp3) is 0.625. The van der Waals surface area contributed by atoms with Crippen LogP contribution in [0.25, 0.3) is 0 Å². The van der Waals surface area contributed by atoms with E-state index in [1.807, 2.05) is 6.92 Å². The van der Waals surface area contributed by atoms with Crippen LogP contribution < -0.4 is 10.5 Å². The van der Waals surface area contributed by atoms with Gasteiger partial charge < -0.3 is 15.2 Å². The number of hydrogen-bond donors (Lipinski definition) is 1. The van der Waals surface area contributed by atoms with Crippen molar-refractivity contribution in [2.75, 3.05) is 6.61 Å². The molecule has 20 heavy (non-hydrogen) atoms. The topological polar surface area (TPSA) is 44.5 Å². The Bertz CT molecular complexity index is 462. The minimum atomic E-state index is 0.119. The van der Waals surface area contributed by atoms with Gasteiger partial charge in [-0.25, -0.2) is 0 Å². The molecule has 1 aromatic rings. The Morgan fingerprint density at radius 1 is 1.45 bits per heavy atom. The summed E-state index contributed by atoms with van der Waals surface area (Å²) in [7, 11) is 0. The molecule has 0 saturated carbocycles. The predicted molar refractivity (Wildman–Crippen MR) is 85.3 cm³/mol. The van der Waals surface area contributed by atoms with Crippen LogP contribution in [0.15, 0.2) is 16.6 Å². The number of rotatable bonds is 5. The Labute approximate surface area is 130 Å². The molecule has 0 bridgehead atoms. The summed E-state index contributed by atoms with van der Waals surface area (Å²) in [5.41, 5.74) is 8.24. The first-order valence-corrected chi connectivity index (χ1v) is 8.08. The summed E-state index contributed by atoms with van der Waals surface area (Å²) >= 11 is 3.54. The Morgan fingerprint density at radius 2 is 2.20 bits per heavy atom. The summed E-state index contributed by atoms with van der Waals surface area (Å²) in [6, 6.07) is 4.30. The van der Waals surface area contributed by atoms with Crippen molar-refractivity contribution in [3.63, 3.8) is 0 Å². The lowest BCUT2D eigenvalue weighted by molar-refractivity contribution is 0.0261. The minimum Gasteiger partial charge on any atom is -0.490 e. The highest BCUT2D eigenvalue weighted by Crippen LogP contribution is 2.30. The summed E-state index contributed by atoms with van der Waals surface area (Å²) in [4.78, 5) is 0. The van der Waals surface area contributed by atoms with Crippen LogP contribution >= 0.6 is 15.9 Å². The highest BCUT2D eigenvalue weighted by Gasteiger charge is 2.23. The second-order valence-corrected chi connectivity index (χ2v) is 6.77. The molecule has 0 aromatic heterocycles. The number of aryl methyl sites for hydroxylation is 1. The zero-order valence-electron chi connectivity index (χ0n) is 12.5. The van der Waals surface area contributed by atoms with E-state index >= 15 is 0 Å². The number of ether oxygens (including phenoxy) is 2. The maximum atomic E-state index is 6.05. The lowest BCUT2D eigenvalue weighted by Gasteiger charge is -2.18. The molecule has 0 aliphatic carbocycles. The first-order valence-electron chi connectivity index (χ1n) is 7.28. The normalized spacial score (nSPS) is 23.9. The van der Waals surface area contributed by atoms with Gasteiger partial charge in [-0.3, -0.25) is 0 Å². The van der Waals surface area contributed by atoms with Crippen molar-refractivity contribution < 1.29 is 9.47 Å². The molecule has 1 aliphatic rings. The smallest absolute Gasteiger partial charge is 0.125 e. The molecule has 1 heterocycles. The summed E-state index contributed by atoms with van der Waals surface area (Å²) < 4.78 is 12.9. The van der Waals surface area contributed by atoms with Crippen molar-refractivity contribution in [2.45, 2.75) is 58.3 Å². The Morgan fingerprint density at radius 3 is 2.80 bits per heavy atom. The summed E-state index contributed by atoms with van der Waals surface area (Å²) in [5.74, 6) is 0.966. The van der Waals surface area contributed by atoms with Gasteiger partial charge in [0.05, 0.1) is 12.2 Å². The average molecular weight is 342 g/mol. The number of nitrogens with two attached hydrogens (primary N) is 1. The monoisotopic (exact) mass is 341 g/mol. The van der Waals surface area contributed by atoms with Crippen LogP contribution in [0.3, 0.4) is 0 Å². The molecule has 1 aromatic carbocycles. The molecule has 1 aliphatic heterocycles. The fourth-order valence-electron chi connectivity index (χ4n) is 2.69. The van der Waals surface area contributed by atoms with Crippen molar-refractivity contribution in [2.24, 2.45) is 5.73 Å². The van der Waals surface area contributed by atoms with Gasteiger partial charge >= 0.3 is 0 Å². The predicted octanol–water partition coefficient (Wildman–Crippen LogP) is 3.59. The van der Waals surface area contributed by atoms with Gasteiger partial charge in [0.15, 0.2) is 0 Å². The van der Waals surface area contributed by atoms with Crippen LogP contribution in [0.1, 0.15) is 37.8 Å². The third-order valence-electron chi connectivity index (χ3n) is 3.59. The largest absolute Gasteiger partial charge is 0.490 e. The van der Waals surface area contributed by atoms with Gasteiger partial charge in [-0.15, -0.1) is 0 Å². The second kappa shape index (κ2) is 6.92. The summed E-state index contributed by atoms with van der Waals surface area (Å²) in [5, 5.41) is 0. The molecule has 4 heteroatoms.